The van der Waals surface area contributed by atoms with Gasteiger partial charge in [0.05, 0.1) is 6.26 Å². The molecule has 0 spiro atoms. The second kappa shape index (κ2) is 16.1. The largest absolute Gasteiger partial charge is 1.00 e. The Morgan fingerprint density at radius 1 is 1.00 bits per heavy atom. The summed E-state index contributed by atoms with van der Waals surface area (Å²) in [6.07, 6.45) is 5.97. The SMILES string of the molecule is CSCCC(NC(=O)c1ccc(CNC/C(=C\c2ccco2)c2ccccc2)cc1-c1ccccc1C)C(=O)O.[H-].[Li+]. The smallest absolute Gasteiger partial charge is 1.00 e. The van der Waals surface area contributed by atoms with E-state index in [0.717, 1.165) is 39.2 Å². The number of aryl methyl sites for hydroxylation is 1. The van der Waals surface area contributed by atoms with Gasteiger partial charge in [0.25, 0.3) is 5.91 Å². The standard InChI is InChI=1S/C33H34N2O4S.Li.H/c1-23-9-6-7-13-28(23)30-19-24(14-15-29(30)32(36)35-31(33(37)38)16-18-40-2)21-34-22-26(20-27-12-8-17-39-27)25-10-4-3-5-11-25;;/h3-15,17,19-20,31,34H,16,18,21-22H2,1-2H3,(H,35,36)(H,37,38);;/q;+1;-1/b26-20+;;. The van der Waals surface area contributed by atoms with Crippen LogP contribution in [-0.2, 0) is 11.3 Å². The van der Waals surface area contributed by atoms with Crippen molar-refractivity contribution in [2.45, 2.75) is 25.9 Å². The van der Waals surface area contributed by atoms with Crippen molar-refractivity contribution in [1.29, 1.82) is 0 Å². The van der Waals surface area contributed by atoms with Crippen LogP contribution in [0.2, 0.25) is 0 Å². The zero-order chi connectivity index (χ0) is 28.3. The molecule has 0 saturated heterocycles. The number of thioether (sulfide) groups is 1. The minimum absolute atomic E-state index is 0. The molecule has 1 amide bonds. The van der Waals surface area contributed by atoms with E-state index in [1.54, 1.807) is 24.1 Å². The van der Waals surface area contributed by atoms with E-state index in [9.17, 15) is 14.7 Å². The average Bonchev–Trinajstić information content (AvgIpc) is 3.48. The van der Waals surface area contributed by atoms with Gasteiger partial charge in [0, 0.05) is 18.7 Å². The van der Waals surface area contributed by atoms with Gasteiger partial charge in [-0.25, -0.2) is 4.79 Å². The molecule has 1 atom stereocenters. The number of carboxylic acids is 1. The predicted octanol–water partition coefficient (Wildman–Crippen LogP) is 3.64. The van der Waals surface area contributed by atoms with E-state index in [0.29, 0.717) is 30.8 Å². The second-order valence-electron chi connectivity index (χ2n) is 9.50. The summed E-state index contributed by atoms with van der Waals surface area (Å²) in [6.45, 7) is 3.20. The van der Waals surface area contributed by atoms with Crippen LogP contribution in [0, 0.1) is 6.92 Å². The van der Waals surface area contributed by atoms with Crippen LogP contribution >= 0.6 is 11.8 Å². The summed E-state index contributed by atoms with van der Waals surface area (Å²) < 4.78 is 5.55. The van der Waals surface area contributed by atoms with Crippen molar-refractivity contribution >= 4 is 35.3 Å². The Kier molecular flexibility index (Phi) is 12.6. The fourth-order valence-electron chi connectivity index (χ4n) is 4.50. The molecule has 208 valence electrons. The maximum Gasteiger partial charge on any atom is 1.00 e. The number of furan rings is 1. The van der Waals surface area contributed by atoms with Crippen molar-refractivity contribution < 1.29 is 39.4 Å². The summed E-state index contributed by atoms with van der Waals surface area (Å²) in [5.74, 6) is 0.0119. The zero-order valence-corrected chi connectivity index (χ0v) is 24.5. The first kappa shape index (κ1) is 32.0. The number of amides is 1. The molecule has 0 fully saturated rings. The first-order chi connectivity index (χ1) is 19.5. The Morgan fingerprint density at radius 2 is 1.76 bits per heavy atom. The van der Waals surface area contributed by atoms with Crippen molar-refractivity contribution in [3.8, 4) is 11.1 Å². The van der Waals surface area contributed by atoms with Gasteiger partial charge in [-0.15, -0.1) is 0 Å². The monoisotopic (exact) mass is 562 g/mol. The molecule has 3 N–H and O–H groups in total. The normalized spacial score (nSPS) is 11.9. The summed E-state index contributed by atoms with van der Waals surface area (Å²) in [6, 6.07) is 26.6. The third-order valence-corrected chi connectivity index (χ3v) is 7.27. The molecular weight excluding hydrogens is 527 g/mol. The van der Waals surface area contributed by atoms with Gasteiger partial charge in [0.15, 0.2) is 0 Å². The number of rotatable bonds is 13. The molecule has 0 aliphatic carbocycles. The van der Waals surface area contributed by atoms with Crippen LogP contribution in [0.5, 0.6) is 0 Å². The van der Waals surface area contributed by atoms with Gasteiger partial charge in [0.2, 0.25) is 0 Å². The fraction of sp³-hybridized carbons (Fsp3) is 0.212. The minimum Gasteiger partial charge on any atom is -1.00 e. The van der Waals surface area contributed by atoms with Gasteiger partial charge in [-0.05, 0) is 89.1 Å². The molecule has 4 aromatic rings. The van der Waals surface area contributed by atoms with Gasteiger partial charge in [-0.2, -0.15) is 11.8 Å². The Morgan fingerprint density at radius 3 is 2.44 bits per heavy atom. The first-order valence-corrected chi connectivity index (χ1v) is 14.6. The minimum atomic E-state index is -1.03. The number of hydrogen-bond donors (Lipinski definition) is 3. The van der Waals surface area contributed by atoms with Crippen molar-refractivity contribution in [3.05, 3.63) is 119 Å². The summed E-state index contributed by atoms with van der Waals surface area (Å²) >= 11 is 1.55. The molecule has 0 radical (unpaired) electrons. The molecule has 0 saturated carbocycles. The van der Waals surface area contributed by atoms with Gasteiger partial charge in [-0.3, -0.25) is 4.79 Å². The van der Waals surface area contributed by atoms with Crippen molar-refractivity contribution in [3.63, 3.8) is 0 Å². The first-order valence-electron chi connectivity index (χ1n) is 13.2. The van der Waals surface area contributed by atoms with Crippen molar-refractivity contribution in [2.75, 3.05) is 18.6 Å². The van der Waals surface area contributed by atoms with E-state index in [1.807, 2.05) is 86.0 Å². The third kappa shape index (κ3) is 9.01. The molecule has 0 aliphatic rings. The molecule has 6 nitrogen and oxygen atoms in total. The van der Waals surface area contributed by atoms with Gasteiger partial charge in [0.1, 0.15) is 11.8 Å². The Labute approximate surface area is 259 Å². The number of benzene rings is 3. The van der Waals surface area contributed by atoms with E-state index in [-0.39, 0.29) is 26.2 Å². The van der Waals surface area contributed by atoms with E-state index in [4.69, 9.17) is 4.42 Å². The number of carboxylic acid groups (broad SMARTS) is 1. The molecule has 1 heterocycles. The second-order valence-corrected chi connectivity index (χ2v) is 10.5. The van der Waals surface area contributed by atoms with Gasteiger partial charge >= 0.3 is 24.8 Å². The maximum atomic E-state index is 13.3. The van der Waals surface area contributed by atoms with Crippen LogP contribution in [-0.4, -0.2) is 41.6 Å². The van der Waals surface area contributed by atoms with Gasteiger partial charge in [-0.1, -0.05) is 60.7 Å². The number of carbonyl (C=O) groups excluding carboxylic acids is 1. The van der Waals surface area contributed by atoms with Crippen LogP contribution in [0.4, 0.5) is 0 Å². The summed E-state index contributed by atoms with van der Waals surface area (Å²) in [5.41, 5.74) is 6.41. The number of hydrogen-bond acceptors (Lipinski definition) is 5. The molecule has 0 aliphatic heterocycles. The van der Waals surface area contributed by atoms with Crippen LogP contribution < -0.4 is 29.5 Å². The Hall–Kier alpha value is -3.47. The van der Waals surface area contributed by atoms with Crippen LogP contribution in [0.3, 0.4) is 0 Å². The molecule has 0 bridgehead atoms. The molecule has 3 aromatic carbocycles. The number of carbonyl (C=O) groups is 2. The van der Waals surface area contributed by atoms with Crippen molar-refractivity contribution in [1.82, 2.24) is 10.6 Å². The van der Waals surface area contributed by atoms with E-state index < -0.39 is 12.0 Å². The molecule has 1 unspecified atom stereocenters. The van der Waals surface area contributed by atoms with Crippen LogP contribution in [0.15, 0.2) is 95.6 Å². The van der Waals surface area contributed by atoms with Crippen LogP contribution in [0.25, 0.3) is 22.8 Å². The van der Waals surface area contributed by atoms with E-state index in [1.165, 1.54) is 0 Å². The Balaban J connectivity index is 0.00000308. The average molecular weight is 563 g/mol. The molecular formula is C33H35LiN2O4S. The fourth-order valence-corrected chi connectivity index (χ4v) is 4.97. The Bertz CT molecular complexity index is 1460. The quantitative estimate of drug-likeness (QED) is 0.216. The number of aliphatic carboxylic acids is 1. The van der Waals surface area contributed by atoms with E-state index >= 15 is 0 Å². The van der Waals surface area contributed by atoms with Crippen LogP contribution in [0.1, 0.15) is 40.7 Å². The molecule has 1 aromatic heterocycles. The topological polar surface area (TPSA) is 91.6 Å². The summed E-state index contributed by atoms with van der Waals surface area (Å²) in [5, 5.41) is 15.9. The zero-order valence-electron chi connectivity index (χ0n) is 24.7. The summed E-state index contributed by atoms with van der Waals surface area (Å²) in [4.78, 5) is 25.1. The maximum absolute atomic E-state index is 13.3. The predicted molar refractivity (Wildman–Crippen MR) is 164 cm³/mol. The molecule has 8 heteroatoms. The molecule has 4 rings (SSSR count). The molecule has 41 heavy (non-hydrogen) atoms. The summed E-state index contributed by atoms with van der Waals surface area (Å²) in [7, 11) is 0. The number of nitrogens with one attached hydrogen (secondary N) is 2. The van der Waals surface area contributed by atoms with Gasteiger partial charge < -0.3 is 21.6 Å². The van der Waals surface area contributed by atoms with Crippen molar-refractivity contribution in [2.24, 2.45) is 0 Å². The van der Waals surface area contributed by atoms with E-state index in [2.05, 4.69) is 22.8 Å². The third-order valence-electron chi connectivity index (χ3n) is 6.63.